The van der Waals surface area contributed by atoms with Crippen molar-refractivity contribution in [2.24, 2.45) is 0 Å². The number of hydrogen-bond acceptors (Lipinski definition) is 6. The summed E-state index contributed by atoms with van der Waals surface area (Å²) in [7, 11) is 7.91. The molecule has 0 bridgehead atoms. The number of methoxy groups -OCH3 is 5. The van der Waals surface area contributed by atoms with Gasteiger partial charge >= 0.3 is 6.09 Å². The fraction of sp³-hybridized carbons (Fsp3) is 0.409. The molecule has 0 radical (unpaired) electrons. The Morgan fingerprint density at radius 3 is 2.17 bits per heavy atom. The largest absolute Gasteiger partial charge is 0.493 e. The van der Waals surface area contributed by atoms with E-state index in [1.807, 2.05) is 18.2 Å². The Balaban J connectivity index is 2.04. The van der Waals surface area contributed by atoms with Crippen LogP contribution in [0.2, 0.25) is 0 Å². The van der Waals surface area contributed by atoms with E-state index in [9.17, 15) is 4.79 Å². The molecule has 7 nitrogen and oxygen atoms in total. The van der Waals surface area contributed by atoms with Crippen LogP contribution >= 0.6 is 0 Å². The molecular weight excluding hydrogens is 374 g/mol. The molecule has 1 heterocycles. The van der Waals surface area contributed by atoms with Gasteiger partial charge in [-0.05, 0) is 53.3 Å². The van der Waals surface area contributed by atoms with Crippen molar-refractivity contribution < 1.29 is 28.5 Å². The van der Waals surface area contributed by atoms with Crippen molar-refractivity contribution in [2.45, 2.75) is 18.9 Å². The maximum atomic E-state index is 12.5. The molecule has 0 saturated carbocycles. The Morgan fingerprint density at radius 1 is 0.897 bits per heavy atom. The molecule has 0 spiro atoms. The zero-order valence-electron chi connectivity index (χ0n) is 17.3. The van der Waals surface area contributed by atoms with Crippen molar-refractivity contribution >= 4 is 6.09 Å². The lowest BCUT2D eigenvalue weighted by molar-refractivity contribution is 0.100. The summed E-state index contributed by atoms with van der Waals surface area (Å²) >= 11 is 0. The molecule has 1 atom stereocenters. The van der Waals surface area contributed by atoms with Crippen molar-refractivity contribution in [2.75, 3.05) is 42.1 Å². The van der Waals surface area contributed by atoms with Gasteiger partial charge in [-0.3, -0.25) is 0 Å². The summed E-state index contributed by atoms with van der Waals surface area (Å²) in [6, 6.07) is 5.82. The van der Waals surface area contributed by atoms with Crippen molar-refractivity contribution in [3.8, 4) is 34.1 Å². The van der Waals surface area contributed by atoms with Crippen LogP contribution in [-0.4, -0.2) is 53.1 Å². The molecule has 154 valence electrons. The molecule has 0 N–H and O–H groups in total. The first-order valence-electron chi connectivity index (χ1n) is 9.45. The third-order valence-corrected chi connectivity index (χ3v) is 5.83. The van der Waals surface area contributed by atoms with Crippen molar-refractivity contribution in [1.82, 2.24) is 4.90 Å². The van der Waals surface area contributed by atoms with Crippen LogP contribution in [0.25, 0.3) is 11.1 Å². The van der Waals surface area contributed by atoms with Gasteiger partial charge in [-0.15, -0.1) is 0 Å². The first-order chi connectivity index (χ1) is 14.1. The van der Waals surface area contributed by atoms with E-state index in [0.29, 0.717) is 36.0 Å². The summed E-state index contributed by atoms with van der Waals surface area (Å²) in [4.78, 5) is 14.3. The Bertz CT molecular complexity index is 971. The maximum Gasteiger partial charge on any atom is 0.410 e. The fourth-order valence-electron chi connectivity index (χ4n) is 4.55. The van der Waals surface area contributed by atoms with Gasteiger partial charge in [0.15, 0.2) is 23.0 Å². The minimum absolute atomic E-state index is 0.147. The minimum Gasteiger partial charge on any atom is -0.493 e. The van der Waals surface area contributed by atoms with Gasteiger partial charge in [-0.2, -0.15) is 0 Å². The highest BCUT2D eigenvalue weighted by atomic mass is 16.5. The second kappa shape index (κ2) is 7.39. The van der Waals surface area contributed by atoms with Crippen molar-refractivity contribution in [1.29, 1.82) is 0 Å². The molecule has 2 aromatic carbocycles. The highest BCUT2D eigenvalue weighted by molar-refractivity contribution is 5.86. The quantitative estimate of drug-likeness (QED) is 0.783. The van der Waals surface area contributed by atoms with Gasteiger partial charge in [-0.25, -0.2) is 4.79 Å². The van der Waals surface area contributed by atoms with E-state index in [1.54, 1.807) is 33.3 Å². The van der Waals surface area contributed by atoms with Crippen LogP contribution in [0.1, 0.15) is 22.7 Å². The molecule has 1 unspecified atom stereocenters. The molecule has 1 aliphatic heterocycles. The van der Waals surface area contributed by atoms with E-state index < -0.39 is 0 Å². The van der Waals surface area contributed by atoms with Crippen LogP contribution in [0, 0.1) is 0 Å². The standard InChI is InChI=1S/C22H25NO6/c1-25-16-10-13-8-15-19-12(6-7-23(15)22(24)29-5)9-18(27-3)21(28-4)20(19)14(13)11-17(16)26-2/h9-11,15H,6-8H2,1-5H3. The molecule has 1 aliphatic carbocycles. The highest BCUT2D eigenvalue weighted by Gasteiger charge is 2.40. The molecular formula is C22H25NO6. The average Bonchev–Trinajstić information content (AvgIpc) is 2.77. The predicted molar refractivity (Wildman–Crippen MR) is 107 cm³/mol. The zero-order chi connectivity index (χ0) is 20.7. The van der Waals surface area contributed by atoms with E-state index >= 15 is 0 Å². The lowest BCUT2D eigenvalue weighted by Crippen LogP contribution is -2.42. The second-order valence-electron chi connectivity index (χ2n) is 7.06. The monoisotopic (exact) mass is 399 g/mol. The molecule has 2 aliphatic rings. The molecule has 0 saturated heterocycles. The smallest absolute Gasteiger partial charge is 0.410 e. The lowest BCUT2D eigenvalue weighted by atomic mass is 9.76. The number of rotatable bonds is 4. The Hall–Kier alpha value is -3.09. The first-order valence-corrected chi connectivity index (χ1v) is 9.45. The van der Waals surface area contributed by atoms with E-state index in [4.69, 9.17) is 23.7 Å². The van der Waals surface area contributed by atoms with E-state index in [0.717, 1.165) is 34.2 Å². The van der Waals surface area contributed by atoms with Crippen LogP contribution in [0.15, 0.2) is 18.2 Å². The van der Waals surface area contributed by atoms with Gasteiger partial charge in [0.1, 0.15) is 0 Å². The Morgan fingerprint density at radius 2 is 1.55 bits per heavy atom. The number of amides is 1. The van der Waals surface area contributed by atoms with E-state index in [-0.39, 0.29) is 12.1 Å². The van der Waals surface area contributed by atoms with Crippen LogP contribution in [0.4, 0.5) is 4.79 Å². The average molecular weight is 399 g/mol. The summed E-state index contributed by atoms with van der Waals surface area (Å²) in [5, 5.41) is 0. The molecule has 0 aromatic heterocycles. The van der Waals surface area contributed by atoms with E-state index in [2.05, 4.69) is 0 Å². The number of ether oxygens (including phenoxy) is 5. The predicted octanol–water partition coefficient (Wildman–Crippen LogP) is 3.61. The third-order valence-electron chi connectivity index (χ3n) is 5.83. The Labute approximate surface area is 170 Å². The molecule has 2 aromatic rings. The molecule has 0 fully saturated rings. The normalized spacial score (nSPS) is 16.4. The fourth-order valence-corrected chi connectivity index (χ4v) is 4.55. The number of fused-ring (bicyclic) bond motifs is 2. The SMILES string of the molecule is COC(=O)N1CCc2cc(OC)c(OC)c3c2C1Cc1cc(OC)c(OC)cc1-3. The number of carbonyl (C=O) groups is 1. The van der Waals surface area contributed by atoms with Gasteiger partial charge in [0, 0.05) is 12.1 Å². The molecule has 1 amide bonds. The van der Waals surface area contributed by atoms with Crippen molar-refractivity contribution in [3.63, 3.8) is 0 Å². The summed E-state index contributed by atoms with van der Waals surface area (Å²) in [6.07, 6.45) is 1.04. The molecule has 4 rings (SSSR count). The summed E-state index contributed by atoms with van der Waals surface area (Å²) in [6.45, 7) is 0.585. The number of carbonyl (C=O) groups excluding carboxylic acids is 1. The van der Waals surface area contributed by atoms with Gasteiger partial charge in [0.25, 0.3) is 0 Å². The zero-order valence-corrected chi connectivity index (χ0v) is 17.3. The van der Waals surface area contributed by atoms with Gasteiger partial charge in [-0.1, -0.05) is 0 Å². The van der Waals surface area contributed by atoms with E-state index in [1.165, 1.54) is 7.11 Å². The van der Waals surface area contributed by atoms with Crippen LogP contribution < -0.4 is 18.9 Å². The second-order valence-corrected chi connectivity index (χ2v) is 7.06. The van der Waals surface area contributed by atoms with Crippen LogP contribution in [0.3, 0.4) is 0 Å². The topological polar surface area (TPSA) is 66.5 Å². The van der Waals surface area contributed by atoms with Crippen LogP contribution in [-0.2, 0) is 17.6 Å². The summed E-state index contributed by atoms with van der Waals surface area (Å²) in [5.74, 6) is 2.62. The number of hydrogen-bond donors (Lipinski definition) is 0. The Kier molecular flexibility index (Phi) is 4.90. The van der Waals surface area contributed by atoms with Crippen molar-refractivity contribution in [3.05, 3.63) is 34.9 Å². The van der Waals surface area contributed by atoms with Gasteiger partial charge < -0.3 is 28.6 Å². The third kappa shape index (κ3) is 2.84. The molecule has 29 heavy (non-hydrogen) atoms. The molecule has 7 heteroatoms. The number of nitrogens with zero attached hydrogens (tertiary/aromatic N) is 1. The summed E-state index contributed by atoms with van der Waals surface area (Å²) < 4.78 is 27.5. The minimum atomic E-state index is -0.328. The highest BCUT2D eigenvalue weighted by Crippen LogP contribution is 2.54. The number of benzene rings is 2. The summed E-state index contributed by atoms with van der Waals surface area (Å²) in [5.41, 5.74) is 5.22. The first kappa shape index (κ1) is 19.2. The van der Waals surface area contributed by atoms with Crippen LogP contribution in [0.5, 0.6) is 23.0 Å². The maximum absolute atomic E-state index is 12.5. The van der Waals surface area contributed by atoms with Gasteiger partial charge in [0.2, 0.25) is 0 Å². The lowest BCUT2D eigenvalue weighted by Gasteiger charge is -2.41. The van der Waals surface area contributed by atoms with Gasteiger partial charge in [0.05, 0.1) is 41.6 Å².